The summed E-state index contributed by atoms with van der Waals surface area (Å²) in [5.41, 5.74) is 0. The number of nitrogens with one attached hydrogen (secondary N) is 3. The van der Waals surface area contributed by atoms with Crippen LogP contribution >= 0.6 is 7.51 Å². The predicted molar refractivity (Wildman–Crippen MR) is 50.5 cm³/mol. The lowest BCUT2D eigenvalue weighted by Crippen LogP contribution is -1.77. The van der Waals surface area contributed by atoms with E-state index in [2.05, 4.69) is 27.5 Å². The van der Waals surface area contributed by atoms with Crippen molar-refractivity contribution >= 4 is 19.3 Å². The molecule has 0 saturated carbocycles. The van der Waals surface area contributed by atoms with E-state index in [1.807, 2.05) is 7.05 Å². The van der Waals surface area contributed by atoms with Gasteiger partial charge in [0.25, 0.3) is 0 Å². The second-order valence-corrected chi connectivity index (χ2v) is 3.17. The highest BCUT2D eigenvalue weighted by Gasteiger charge is 1.91. The van der Waals surface area contributed by atoms with Crippen molar-refractivity contribution in [2.24, 2.45) is 0 Å². The van der Waals surface area contributed by atoms with E-state index in [0.29, 0.717) is 7.51 Å². The van der Waals surface area contributed by atoms with Crippen LogP contribution in [-0.2, 0) is 11.8 Å². The molecule has 0 aromatic rings. The third-order valence-electron chi connectivity index (χ3n) is 0.602. The maximum Gasteiger partial charge on any atom is 0.249 e. The first-order valence-electron chi connectivity index (χ1n) is 3.37. The van der Waals surface area contributed by atoms with Gasteiger partial charge in [0, 0.05) is 33.2 Å². The van der Waals surface area contributed by atoms with E-state index in [9.17, 15) is 0 Å². The summed E-state index contributed by atoms with van der Waals surface area (Å²) in [5.74, 6) is 0. The van der Waals surface area contributed by atoms with Crippen LogP contribution in [0.4, 0.5) is 0 Å². The Kier molecular flexibility index (Phi) is 9.78. The Morgan fingerprint density at radius 1 is 1.20 bits per heavy atom. The summed E-state index contributed by atoms with van der Waals surface area (Å²) in [4.78, 5) is 0. The quantitative estimate of drug-likeness (QED) is 0.374. The highest BCUT2D eigenvalue weighted by atomic mass is 32.4. The minimum Gasteiger partial charge on any atom is -0.314 e. The van der Waals surface area contributed by atoms with E-state index < -0.39 is 0 Å². The van der Waals surface area contributed by atoms with Crippen molar-refractivity contribution in [1.82, 2.24) is 15.7 Å². The lowest BCUT2D eigenvalue weighted by Gasteiger charge is -1.49. The van der Waals surface area contributed by atoms with E-state index in [4.69, 9.17) is 0 Å². The van der Waals surface area contributed by atoms with Crippen LogP contribution in [0.3, 0.4) is 0 Å². The molecule has 0 aromatic heterocycles. The van der Waals surface area contributed by atoms with Crippen LogP contribution in [0, 0.1) is 0 Å². The van der Waals surface area contributed by atoms with Crippen molar-refractivity contribution in [3.63, 3.8) is 0 Å². The molecular formula is C5H15N3PS+. The summed E-state index contributed by atoms with van der Waals surface area (Å²) >= 11 is 4.47. The summed E-state index contributed by atoms with van der Waals surface area (Å²) in [6.45, 7) is 5.00. The highest BCUT2D eigenvalue weighted by Crippen LogP contribution is 1.69. The summed E-state index contributed by atoms with van der Waals surface area (Å²) < 4.78 is 0. The molecule has 2 aliphatic heterocycles. The van der Waals surface area contributed by atoms with Crippen LogP contribution in [0.15, 0.2) is 0 Å². The summed E-state index contributed by atoms with van der Waals surface area (Å²) in [6, 6.07) is 0. The van der Waals surface area contributed by atoms with Crippen molar-refractivity contribution in [2.75, 3.05) is 33.2 Å². The molecule has 2 fully saturated rings. The second kappa shape index (κ2) is 9.40. The average Bonchev–Trinajstić information content (AvgIpc) is 2.78. The summed E-state index contributed by atoms with van der Waals surface area (Å²) in [6.07, 6.45) is 0. The van der Waals surface area contributed by atoms with Gasteiger partial charge in [-0.25, -0.2) is 0 Å². The van der Waals surface area contributed by atoms with Crippen LogP contribution in [0.1, 0.15) is 0 Å². The van der Waals surface area contributed by atoms with Crippen molar-refractivity contribution in [3.8, 4) is 0 Å². The molecule has 2 rings (SSSR count). The van der Waals surface area contributed by atoms with E-state index in [1.54, 1.807) is 0 Å². The molecule has 2 aliphatic rings. The minimum atomic E-state index is 0.474. The number of rotatable bonds is 1. The molecule has 2 heterocycles. The molecule has 0 aliphatic carbocycles. The third kappa shape index (κ3) is 39.8. The maximum atomic E-state index is 4.47. The lowest BCUT2D eigenvalue weighted by molar-refractivity contribution is 1.30. The van der Waals surface area contributed by atoms with Gasteiger partial charge in [0.05, 0.1) is 0 Å². The van der Waals surface area contributed by atoms with E-state index in [0.717, 1.165) is 0 Å². The van der Waals surface area contributed by atoms with Crippen molar-refractivity contribution < 1.29 is 0 Å². The molecule has 60 valence electrons. The second-order valence-electron chi connectivity index (χ2n) is 1.85. The Hall–Kier alpha value is 0.400. The Morgan fingerprint density at radius 2 is 1.40 bits per heavy atom. The largest absolute Gasteiger partial charge is 0.314 e. The normalized spacial score (nSPS) is 17.7. The van der Waals surface area contributed by atoms with Crippen LogP contribution in [0.25, 0.3) is 0 Å². The fourth-order valence-corrected chi connectivity index (χ4v) is 0. The predicted octanol–water partition coefficient (Wildman–Crippen LogP) is -0.560. The Morgan fingerprint density at radius 3 is 1.40 bits per heavy atom. The zero-order chi connectivity index (χ0) is 7.66. The van der Waals surface area contributed by atoms with Crippen LogP contribution in [0.2, 0.25) is 0 Å². The van der Waals surface area contributed by atoms with Gasteiger partial charge in [-0.05, 0) is 0 Å². The average molecular weight is 180 g/mol. The van der Waals surface area contributed by atoms with Gasteiger partial charge in [-0.15, -0.1) is 5.09 Å². The molecule has 0 bridgehead atoms. The first-order valence-corrected chi connectivity index (χ1v) is 5.50. The van der Waals surface area contributed by atoms with Gasteiger partial charge in [0.2, 0.25) is 7.51 Å². The molecular weight excluding hydrogens is 165 g/mol. The summed E-state index contributed by atoms with van der Waals surface area (Å²) in [5, 5.41) is 8.77. The van der Waals surface area contributed by atoms with Gasteiger partial charge >= 0.3 is 0 Å². The first kappa shape index (κ1) is 10.4. The zero-order valence-corrected chi connectivity index (χ0v) is 8.05. The SMILES string of the molecule is C1CN1.C1CN1.CN[PH+]=S. The van der Waals surface area contributed by atoms with Crippen LogP contribution in [0.5, 0.6) is 0 Å². The molecule has 5 heteroatoms. The van der Waals surface area contributed by atoms with E-state index >= 15 is 0 Å². The molecule has 0 amide bonds. The van der Waals surface area contributed by atoms with Gasteiger partial charge in [0.15, 0.2) is 11.8 Å². The lowest BCUT2D eigenvalue weighted by atomic mass is 11.0. The van der Waals surface area contributed by atoms with Crippen LogP contribution < -0.4 is 15.7 Å². The Balaban J connectivity index is 0.000000122. The van der Waals surface area contributed by atoms with Gasteiger partial charge in [0.1, 0.15) is 0 Å². The molecule has 0 aromatic carbocycles. The molecule has 3 nitrogen and oxygen atoms in total. The Bertz CT molecular complexity index is 65.8. The smallest absolute Gasteiger partial charge is 0.249 e. The van der Waals surface area contributed by atoms with Crippen LogP contribution in [-0.4, -0.2) is 33.2 Å². The highest BCUT2D eigenvalue weighted by molar-refractivity contribution is 7.95. The molecule has 2 saturated heterocycles. The van der Waals surface area contributed by atoms with Crippen molar-refractivity contribution in [1.29, 1.82) is 0 Å². The monoisotopic (exact) mass is 180 g/mol. The standard InChI is InChI=1S/2C2H5N.CH4NPS/c2*1-2-3-1;1-2-3-4/h2*3H,1-2H2;1H3,(H,2,4)/p+1. The molecule has 0 radical (unpaired) electrons. The molecule has 1 unspecified atom stereocenters. The molecule has 3 N–H and O–H groups in total. The summed E-state index contributed by atoms with van der Waals surface area (Å²) in [7, 11) is 2.31. The fraction of sp³-hybridized carbons (Fsp3) is 1.00. The number of hydrogen-bond donors (Lipinski definition) is 3. The number of hydrogen-bond acceptors (Lipinski definition) is 3. The van der Waals surface area contributed by atoms with Crippen molar-refractivity contribution in [3.05, 3.63) is 0 Å². The molecule has 1 atom stereocenters. The topological polar surface area (TPSA) is 55.9 Å². The maximum absolute atomic E-state index is 4.47. The molecule has 0 spiro atoms. The van der Waals surface area contributed by atoms with Gasteiger partial charge in [-0.1, -0.05) is 0 Å². The Labute approximate surface area is 68.9 Å². The first-order chi connectivity index (χ1) is 4.91. The van der Waals surface area contributed by atoms with Gasteiger partial charge in [-0.2, -0.15) is 0 Å². The fourth-order valence-electron chi connectivity index (χ4n) is 0. The minimum absolute atomic E-state index is 0.474. The van der Waals surface area contributed by atoms with E-state index in [1.165, 1.54) is 26.2 Å². The van der Waals surface area contributed by atoms with Crippen molar-refractivity contribution in [2.45, 2.75) is 0 Å². The molecule has 10 heavy (non-hydrogen) atoms. The third-order valence-corrected chi connectivity index (χ3v) is 1.42. The van der Waals surface area contributed by atoms with Gasteiger partial charge in [-0.3, -0.25) is 0 Å². The van der Waals surface area contributed by atoms with E-state index in [-0.39, 0.29) is 0 Å². The van der Waals surface area contributed by atoms with Gasteiger partial charge < -0.3 is 10.6 Å². The zero-order valence-electron chi connectivity index (χ0n) is 6.24.